The zero-order chi connectivity index (χ0) is 24.9. The van der Waals surface area contributed by atoms with Crippen LogP contribution in [-0.4, -0.2) is 53.9 Å². The molecule has 0 radical (unpaired) electrons. The van der Waals surface area contributed by atoms with Crippen molar-refractivity contribution in [3.8, 4) is 16.9 Å². The van der Waals surface area contributed by atoms with Crippen LogP contribution in [0.1, 0.15) is 31.4 Å². The molecule has 5 rings (SSSR count). The Morgan fingerprint density at radius 3 is 2.31 bits per heavy atom. The Balaban J connectivity index is 1.22. The van der Waals surface area contributed by atoms with Gasteiger partial charge in [0.2, 0.25) is 0 Å². The van der Waals surface area contributed by atoms with Crippen LogP contribution < -0.4 is 20.9 Å². The smallest absolute Gasteiger partial charge is 0.331 e. The van der Waals surface area contributed by atoms with E-state index in [1.807, 2.05) is 47.0 Å². The summed E-state index contributed by atoms with van der Waals surface area (Å²) in [6.07, 6.45) is 4.57. The lowest BCUT2D eigenvalue weighted by atomic mass is 9.99. The highest BCUT2D eigenvalue weighted by molar-refractivity contribution is 5.65. The summed E-state index contributed by atoms with van der Waals surface area (Å²) in [6.45, 7) is 6.07. The molecule has 2 aliphatic rings. The molecule has 0 spiro atoms. The quantitative estimate of drug-likeness (QED) is 0.453. The zero-order valence-corrected chi connectivity index (χ0v) is 21.2. The number of hydrogen-bond donors (Lipinski definition) is 0. The predicted octanol–water partition coefficient (Wildman–Crippen LogP) is 3.62. The summed E-state index contributed by atoms with van der Waals surface area (Å²) < 4.78 is 8.86. The number of para-hydroxylation sites is 2. The Kier molecular flexibility index (Phi) is 7.56. The Morgan fingerprint density at radius 1 is 0.806 bits per heavy atom. The maximum Gasteiger partial charge on any atom is 0.331 e. The molecule has 0 atom stereocenters. The molecule has 0 saturated carbocycles. The minimum Gasteiger partial charge on any atom is -0.495 e. The highest BCUT2D eigenvalue weighted by Crippen LogP contribution is 2.28. The molecule has 0 amide bonds. The summed E-state index contributed by atoms with van der Waals surface area (Å²) >= 11 is 0. The van der Waals surface area contributed by atoms with E-state index in [1.165, 1.54) is 4.57 Å². The van der Waals surface area contributed by atoms with Gasteiger partial charge in [-0.1, -0.05) is 42.5 Å². The lowest BCUT2D eigenvalue weighted by Crippen LogP contribution is -2.47. The molecule has 3 aromatic rings. The standard InChI is InChI=1S/C29H36N4O3/c1-36-26-15-6-5-13-24(26)31-21-19-30(20-22-31)16-9-10-18-33-28(34)27(23-11-3-2-4-12-23)25-14-7-8-17-32(25)29(33)35/h2-6,11-13,15H,7-10,14,16-22H2,1H3. The highest BCUT2D eigenvalue weighted by atomic mass is 16.5. The van der Waals surface area contributed by atoms with E-state index >= 15 is 0 Å². The van der Waals surface area contributed by atoms with Crippen molar-refractivity contribution < 1.29 is 4.74 Å². The SMILES string of the molecule is COc1ccccc1N1CCN(CCCCn2c(=O)c(-c3ccccc3)c3n(c2=O)CCCC3)CC1. The summed E-state index contributed by atoms with van der Waals surface area (Å²) in [5.74, 6) is 0.919. The lowest BCUT2D eigenvalue weighted by Gasteiger charge is -2.36. The van der Waals surface area contributed by atoms with E-state index < -0.39 is 0 Å². The fraction of sp³-hybridized carbons (Fsp3) is 0.448. The van der Waals surface area contributed by atoms with Gasteiger partial charge in [0.05, 0.1) is 18.4 Å². The van der Waals surface area contributed by atoms with Crippen LogP contribution in [0.4, 0.5) is 5.69 Å². The number of anilines is 1. The summed E-state index contributed by atoms with van der Waals surface area (Å²) in [5, 5.41) is 0. The summed E-state index contributed by atoms with van der Waals surface area (Å²) in [4.78, 5) is 31.6. The molecular weight excluding hydrogens is 452 g/mol. The van der Waals surface area contributed by atoms with E-state index in [4.69, 9.17) is 4.74 Å². The van der Waals surface area contributed by atoms with Crippen LogP contribution in [0.25, 0.3) is 11.1 Å². The third-order valence-corrected chi connectivity index (χ3v) is 7.55. The van der Waals surface area contributed by atoms with Crippen molar-refractivity contribution in [2.75, 3.05) is 44.7 Å². The van der Waals surface area contributed by atoms with Gasteiger partial charge < -0.3 is 9.64 Å². The Hall–Kier alpha value is -3.32. The van der Waals surface area contributed by atoms with Gasteiger partial charge in [-0.25, -0.2) is 4.79 Å². The minimum absolute atomic E-state index is 0.134. The number of benzene rings is 2. The molecule has 0 unspecified atom stereocenters. The van der Waals surface area contributed by atoms with Crippen LogP contribution in [0.5, 0.6) is 5.75 Å². The van der Waals surface area contributed by atoms with Gasteiger partial charge in [-0.3, -0.25) is 18.8 Å². The second kappa shape index (κ2) is 11.2. The van der Waals surface area contributed by atoms with Crippen molar-refractivity contribution in [2.24, 2.45) is 0 Å². The minimum atomic E-state index is -0.139. The highest BCUT2D eigenvalue weighted by Gasteiger charge is 2.23. The number of ether oxygens (including phenoxy) is 1. The third-order valence-electron chi connectivity index (χ3n) is 7.55. The molecule has 1 saturated heterocycles. The molecule has 36 heavy (non-hydrogen) atoms. The van der Waals surface area contributed by atoms with Crippen molar-refractivity contribution >= 4 is 5.69 Å². The molecule has 7 heteroatoms. The maximum atomic E-state index is 13.5. The van der Waals surface area contributed by atoms with Crippen molar-refractivity contribution in [1.82, 2.24) is 14.0 Å². The van der Waals surface area contributed by atoms with Crippen LogP contribution >= 0.6 is 0 Å². The topological polar surface area (TPSA) is 59.7 Å². The average Bonchev–Trinajstić information content (AvgIpc) is 2.93. The predicted molar refractivity (Wildman–Crippen MR) is 144 cm³/mol. The second-order valence-electron chi connectivity index (χ2n) is 9.74. The number of fused-ring (bicyclic) bond motifs is 1. The van der Waals surface area contributed by atoms with Gasteiger partial charge in [0.15, 0.2) is 0 Å². The Morgan fingerprint density at radius 2 is 1.53 bits per heavy atom. The molecule has 1 fully saturated rings. The molecule has 0 bridgehead atoms. The monoisotopic (exact) mass is 488 g/mol. The third kappa shape index (κ3) is 4.98. The molecule has 3 heterocycles. The van der Waals surface area contributed by atoms with E-state index in [1.54, 1.807) is 7.11 Å². The molecule has 2 aliphatic heterocycles. The van der Waals surface area contributed by atoms with Gasteiger partial charge in [-0.2, -0.15) is 0 Å². The number of aromatic nitrogens is 2. The number of methoxy groups -OCH3 is 1. The fourth-order valence-corrected chi connectivity index (χ4v) is 5.60. The number of piperazine rings is 1. The van der Waals surface area contributed by atoms with Crippen molar-refractivity contribution in [3.63, 3.8) is 0 Å². The van der Waals surface area contributed by atoms with Gasteiger partial charge in [0.25, 0.3) is 5.56 Å². The van der Waals surface area contributed by atoms with Crippen molar-refractivity contribution in [1.29, 1.82) is 0 Å². The first-order chi connectivity index (χ1) is 17.7. The summed E-state index contributed by atoms with van der Waals surface area (Å²) in [6, 6.07) is 18.0. The Labute approximate surface area is 212 Å². The molecule has 0 aliphatic carbocycles. The van der Waals surface area contributed by atoms with E-state index in [2.05, 4.69) is 21.9 Å². The number of hydrogen-bond acceptors (Lipinski definition) is 5. The van der Waals surface area contributed by atoms with Gasteiger partial charge in [-0.05, 0) is 56.3 Å². The average molecular weight is 489 g/mol. The van der Waals surface area contributed by atoms with Crippen molar-refractivity contribution in [2.45, 2.75) is 45.2 Å². The largest absolute Gasteiger partial charge is 0.495 e. The fourth-order valence-electron chi connectivity index (χ4n) is 5.60. The summed E-state index contributed by atoms with van der Waals surface area (Å²) in [5.41, 5.74) is 3.41. The summed E-state index contributed by atoms with van der Waals surface area (Å²) in [7, 11) is 1.72. The zero-order valence-electron chi connectivity index (χ0n) is 21.2. The van der Waals surface area contributed by atoms with Gasteiger partial charge in [-0.15, -0.1) is 0 Å². The van der Waals surface area contributed by atoms with Gasteiger partial charge in [0.1, 0.15) is 5.75 Å². The van der Waals surface area contributed by atoms with Crippen LogP contribution in [0, 0.1) is 0 Å². The first-order valence-corrected chi connectivity index (χ1v) is 13.2. The first-order valence-electron chi connectivity index (χ1n) is 13.2. The Bertz CT molecular complexity index is 1290. The first kappa shape index (κ1) is 24.4. The molecule has 7 nitrogen and oxygen atoms in total. The molecule has 190 valence electrons. The van der Waals surface area contributed by atoms with E-state index in [0.29, 0.717) is 18.7 Å². The number of unbranched alkanes of at least 4 members (excludes halogenated alkanes) is 1. The van der Waals surface area contributed by atoms with Gasteiger partial charge >= 0.3 is 5.69 Å². The van der Waals surface area contributed by atoms with Crippen LogP contribution in [0.2, 0.25) is 0 Å². The molecule has 2 aromatic carbocycles. The lowest BCUT2D eigenvalue weighted by molar-refractivity contribution is 0.250. The number of nitrogens with zero attached hydrogens (tertiary/aromatic N) is 4. The number of rotatable bonds is 8. The van der Waals surface area contributed by atoms with Gasteiger partial charge in [0, 0.05) is 45.0 Å². The van der Waals surface area contributed by atoms with E-state index in [0.717, 1.165) is 87.5 Å². The van der Waals surface area contributed by atoms with Crippen LogP contribution in [0.3, 0.4) is 0 Å². The molecular formula is C29H36N4O3. The second-order valence-corrected chi connectivity index (χ2v) is 9.74. The van der Waals surface area contributed by atoms with E-state index in [9.17, 15) is 9.59 Å². The molecule has 0 N–H and O–H groups in total. The van der Waals surface area contributed by atoms with Crippen LogP contribution in [0.15, 0.2) is 64.2 Å². The maximum absolute atomic E-state index is 13.5. The van der Waals surface area contributed by atoms with E-state index in [-0.39, 0.29) is 11.2 Å². The molecule has 1 aromatic heterocycles. The normalized spacial score (nSPS) is 16.1. The van der Waals surface area contributed by atoms with Crippen LogP contribution in [-0.2, 0) is 19.5 Å². The van der Waals surface area contributed by atoms with Crippen molar-refractivity contribution in [3.05, 3.63) is 81.1 Å².